The minimum atomic E-state index is -1.01. The van der Waals surface area contributed by atoms with E-state index in [-0.39, 0.29) is 18.3 Å². The number of aliphatic hydroxyl groups excluding tert-OH is 1. The van der Waals surface area contributed by atoms with Gasteiger partial charge in [-0.3, -0.25) is 0 Å². The van der Waals surface area contributed by atoms with Crippen LogP contribution in [0.4, 0.5) is 0 Å². The van der Waals surface area contributed by atoms with Crippen LogP contribution in [0.2, 0.25) is 0 Å². The topological polar surface area (TPSA) is 88.2 Å². The van der Waals surface area contributed by atoms with Crippen LogP contribution in [0.1, 0.15) is 54.8 Å². The van der Waals surface area contributed by atoms with Gasteiger partial charge in [-0.25, -0.2) is 9.48 Å². The van der Waals surface area contributed by atoms with Crippen molar-refractivity contribution in [1.29, 1.82) is 0 Å². The molecule has 0 spiro atoms. The summed E-state index contributed by atoms with van der Waals surface area (Å²) in [5.74, 6) is -0.420. The minimum absolute atomic E-state index is 0.0755. The van der Waals surface area contributed by atoms with Crippen molar-refractivity contribution in [3.05, 3.63) is 11.4 Å². The van der Waals surface area contributed by atoms with Gasteiger partial charge in [0.2, 0.25) is 0 Å². The number of nitrogens with zero attached hydrogens (tertiary/aromatic N) is 3. The second-order valence-corrected chi connectivity index (χ2v) is 5.00. The number of aromatic carboxylic acids is 1. The lowest BCUT2D eigenvalue weighted by Gasteiger charge is -2.14. The first-order valence-corrected chi connectivity index (χ1v) is 6.41. The van der Waals surface area contributed by atoms with Crippen molar-refractivity contribution >= 4 is 5.97 Å². The van der Waals surface area contributed by atoms with Gasteiger partial charge in [-0.1, -0.05) is 5.21 Å². The first-order chi connectivity index (χ1) is 8.63. The van der Waals surface area contributed by atoms with Crippen LogP contribution in [0.5, 0.6) is 0 Å². The Morgan fingerprint density at radius 2 is 2.28 bits per heavy atom. The number of aliphatic hydroxyl groups is 1. The van der Waals surface area contributed by atoms with Crippen molar-refractivity contribution in [2.24, 2.45) is 5.92 Å². The van der Waals surface area contributed by atoms with Crippen LogP contribution in [0.15, 0.2) is 0 Å². The SMILES string of the molecule is CC(CCCO)n1nnc(C(=O)O)c1CC1CC1. The molecule has 6 heteroatoms. The standard InChI is InChI=1S/C12H19N3O3/c1-8(3-2-6-16)15-10(7-9-4-5-9)11(12(17)18)13-14-15/h8-9,16H,2-7H2,1H3,(H,17,18). The molecule has 1 aliphatic rings. The van der Waals surface area contributed by atoms with Gasteiger partial charge in [0.25, 0.3) is 0 Å². The van der Waals surface area contributed by atoms with Crippen LogP contribution in [0, 0.1) is 5.92 Å². The first kappa shape index (κ1) is 13.0. The van der Waals surface area contributed by atoms with Gasteiger partial charge >= 0.3 is 5.97 Å². The average Bonchev–Trinajstić information content (AvgIpc) is 3.03. The molecule has 1 atom stereocenters. The van der Waals surface area contributed by atoms with Crippen LogP contribution in [-0.4, -0.2) is 37.8 Å². The molecule has 1 fully saturated rings. The van der Waals surface area contributed by atoms with Crippen LogP contribution >= 0.6 is 0 Å². The van der Waals surface area contributed by atoms with Gasteiger partial charge in [0.15, 0.2) is 5.69 Å². The second-order valence-electron chi connectivity index (χ2n) is 5.00. The van der Waals surface area contributed by atoms with E-state index >= 15 is 0 Å². The average molecular weight is 253 g/mol. The highest BCUT2D eigenvalue weighted by molar-refractivity contribution is 5.86. The van der Waals surface area contributed by atoms with Crippen LogP contribution in [-0.2, 0) is 6.42 Å². The molecular formula is C12H19N3O3. The zero-order valence-corrected chi connectivity index (χ0v) is 10.5. The van der Waals surface area contributed by atoms with E-state index in [1.54, 1.807) is 4.68 Å². The van der Waals surface area contributed by atoms with Gasteiger partial charge in [-0.15, -0.1) is 5.10 Å². The van der Waals surface area contributed by atoms with Crippen molar-refractivity contribution in [3.8, 4) is 0 Å². The molecule has 1 saturated carbocycles. The van der Waals surface area contributed by atoms with Gasteiger partial charge in [0.1, 0.15) is 0 Å². The molecule has 0 radical (unpaired) electrons. The van der Waals surface area contributed by atoms with E-state index in [2.05, 4.69) is 10.3 Å². The smallest absolute Gasteiger partial charge is 0.358 e. The maximum absolute atomic E-state index is 11.1. The summed E-state index contributed by atoms with van der Waals surface area (Å²) in [5, 5.41) is 25.7. The highest BCUT2D eigenvalue weighted by Gasteiger charge is 2.29. The molecule has 2 N–H and O–H groups in total. The van der Waals surface area contributed by atoms with Gasteiger partial charge < -0.3 is 10.2 Å². The molecule has 1 aromatic rings. The van der Waals surface area contributed by atoms with Crippen molar-refractivity contribution in [1.82, 2.24) is 15.0 Å². The molecule has 100 valence electrons. The Hall–Kier alpha value is -1.43. The van der Waals surface area contributed by atoms with Gasteiger partial charge in [-0.2, -0.15) is 0 Å². The maximum Gasteiger partial charge on any atom is 0.358 e. The molecule has 1 aliphatic carbocycles. The summed E-state index contributed by atoms with van der Waals surface area (Å²) < 4.78 is 1.72. The Balaban J connectivity index is 2.19. The quantitative estimate of drug-likeness (QED) is 0.763. The van der Waals surface area contributed by atoms with E-state index < -0.39 is 5.97 Å². The minimum Gasteiger partial charge on any atom is -0.476 e. The molecule has 2 rings (SSSR count). The third-order valence-electron chi connectivity index (χ3n) is 3.37. The maximum atomic E-state index is 11.1. The fourth-order valence-corrected chi connectivity index (χ4v) is 2.13. The molecule has 0 bridgehead atoms. The number of hydrogen-bond acceptors (Lipinski definition) is 4. The highest BCUT2D eigenvalue weighted by atomic mass is 16.4. The Morgan fingerprint density at radius 1 is 1.56 bits per heavy atom. The summed E-state index contributed by atoms with van der Waals surface area (Å²) >= 11 is 0. The van der Waals surface area contributed by atoms with E-state index in [4.69, 9.17) is 10.2 Å². The van der Waals surface area contributed by atoms with E-state index in [9.17, 15) is 4.79 Å². The van der Waals surface area contributed by atoms with Crippen LogP contribution < -0.4 is 0 Å². The fourth-order valence-electron chi connectivity index (χ4n) is 2.13. The highest BCUT2D eigenvalue weighted by Crippen LogP contribution is 2.34. The Bertz CT molecular complexity index is 426. The first-order valence-electron chi connectivity index (χ1n) is 6.41. The lowest BCUT2D eigenvalue weighted by molar-refractivity contribution is 0.0689. The van der Waals surface area contributed by atoms with Crippen molar-refractivity contribution < 1.29 is 15.0 Å². The van der Waals surface area contributed by atoms with Gasteiger partial charge in [0, 0.05) is 6.61 Å². The summed E-state index contributed by atoms with van der Waals surface area (Å²) in [7, 11) is 0. The summed E-state index contributed by atoms with van der Waals surface area (Å²) in [6.07, 6.45) is 4.53. The van der Waals surface area contributed by atoms with Gasteiger partial charge in [0.05, 0.1) is 11.7 Å². The predicted octanol–water partition coefficient (Wildman–Crippen LogP) is 1.26. The summed E-state index contributed by atoms with van der Waals surface area (Å²) in [4.78, 5) is 11.1. The Kier molecular flexibility index (Phi) is 3.96. The normalized spacial score (nSPS) is 16.8. The third kappa shape index (κ3) is 2.87. The number of aromatic nitrogens is 3. The monoisotopic (exact) mass is 253 g/mol. The Labute approximate surface area is 106 Å². The van der Waals surface area contributed by atoms with Gasteiger partial charge in [-0.05, 0) is 44.9 Å². The molecule has 0 amide bonds. The zero-order valence-electron chi connectivity index (χ0n) is 10.5. The number of carboxylic acids is 1. The van der Waals surface area contributed by atoms with E-state index in [0.717, 1.165) is 31.4 Å². The zero-order chi connectivity index (χ0) is 13.1. The number of carboxylic acid groups (broad SMARTS) is 1. The van der Waals surface area contributed by atoms with Crippen LogP contribution in [0.25, 0.3) is 0 Å². The van der Waals surface area contributed by atoms with Crippen LogP contribution in [0.3, 0.4) is 0 Å². The summed E-state index contributed by atoms with van der Waals surface area (Å²) in [6, 6.07) is 0.0755. The van der Waals surface area contributed by atoms with Crippen molar-refractivity contribution in [3.63, 3.8) is 0 Å². The van der Waals surface area contributed by atoms with Crippen molar-refractivity contribution in [2.75, 3.05) is 6.61 Å². The largest absolute Gasteiger partial charge is 0.476 e. The molecule has 0 saturated heterocycles. The molecule has 0 aromatic carbocycles. The molecule has 18 heavy (non-hydrogen) atoms. The summed E-state index contributed by atoms with van der Waals surface area (Å²) in [6.45, 7) is 2.12. The lowest BCUT2D eigenvalue weighted by Crippen LogP contribution is -2.13. The number of rotatable bonds is 7. The van der Waals surface area contributed by atoms with Crippen molar-refractivity contribution in [2.45, 2.75) is 45.1 Å². The molecule has 6 nitrogen and oxygen atoms in total. The molecule has 1 heterocycles. The molecular weight excluding hydrogens is 234 g/mol. The molecule has 0 aliphatic heterocycles. The lowest BCUT2D eigenvalue weighted by atomic mass is 10.1. The Morgan fingerprint density at radius 3 is 2.83 bits per heavy atom. The molecule has 1 unspecified atom stereocenters. The fraction of sp³-hybridized carbons (Fsp3) is 0.750. The second kappa shape index (κ2) is 5.48. The third-order valence-corrected chi connectivity index (χ3v) is 3.37. The number of hydrogen-bond donors (Lipinski definition) is 2. The van der Waals surface area contributed by atoms with E-state index in [0.29, 0.717) is 12.3 Å². The number of carbonyl (C=O) groups is 1. The van der Waals surface area contributed by atoms with E-state index in [1.807, 2.05) is 6.92 Å². The summed E-state index contributed by atoms with van der Waals surface area (Å²) in [5.41, 5.74) is 0.813. The molecule has 1 aromatic heterocycles. The van der Waals surface area contributed by atoms with E-state index in [1.165, 1.54) is 0 Å². The predicted molar refractivity (Wildman–Crippen MR) is 64.4 cm³/mol.